The van der Waals surface area contributed by atoms with Crippen LogP contribution in [0.25, 0.3) is 0 Å². The highest BCUT2D eigenvalue weighted by Crippen LogP contribution is 2.11. The fourth-order valence-corrected chi connectivity index (χ4v) is 3.30. The standard InChI is InChI=1S/C22H45NO/c1-4-6-8-10-12-14-16-18-20-23(22(3)24)21-19-17-15-13-11-9-7-5-2/h4-21H2,1-3H3. The molecule has 24 heavy (non-hydrogen) atoms. The van der Waals surface area contributed by atoms with Gasteiger partial charge in [0.2, 0.25) is 5.91 Å². The molecule has 2 nitrogen and oxygen atoms in total. The highest BCUT2D eigenvalue weighted by molar-refractivity contribution is 5.73. The Labute approximate surface area is 152 Å². The number of amides is 1. The van der Waals surface area contributed by atoms with Crippen LogP contribution in [0.1, 0.15) is 124 Å². The molecule has 0 aromatic carbocycles. The molecule has 0 unspecified atom stereocenters. The summed E-state index contributed by atoms with van der Waals surface area (Å²) in [4.78, 5) is 13.8. The molecule has 0 atom stereocenters. The number of rotatable bonds is 18. The molecule has 0 aliphatic heterocycles. The molecule has 0 saturated heterocycles. The molecular formula is C22H45NO. The molecule has 2 heteroatoms. The van der Waals surface area contributed by atoms with Crippen LogP contribution in [0.3, 0.4) is 0 Å². The number of hydrogen-bond acceptors (Lipinski definition) is 1. The van der Waals surface area contributed by atoms with E-state index in [0.717, 1.165) is 13.1 Å². The van der Waals surface area contributed by atoms with E-state index in [9.17, 15) is 4.79 Å². The van der Waals surface area contributed by atoms with Crippen LogP contribution in [0.5, 0.6) is 0 Å². The number of nitrogens with zero attached hydrogens (tertiary/aromatic N) is 1. The fraction of sp³-hybridized carbons (Fsp3) is 0.955. The van der Waals surface area contributed by atoms with Gasteiger partial charge < -0.3 is 4.90 Å². The Morgan fingerprint density at radius 3 is 1.12 bits per heavy atom. The highest BCUT2D eigenvalue weighted by atomic mass is 16.2. The van der Waals surface area contributed by atoms with Gasteiger partial charge in [-0.25, -0.2) is 0 Å². The monoisotopic (exact) mass is 339 g/mol. The quantitative estimate of drug-likeness (QED) is 0.243. The topological polar surface area (TPSA) is 20.3 Å². The van der Waals surface area contributed by atoms with E-state index in [0.29, 0.717) is 0 Å². The number of carbonyl (C=O) groups excluding carboxylic acids is 1. The maximum absolute atomic E-state index is 11.7. The summed E-state index contributed by atoms with van der Waals surface area (Å²) in [6.07, 6.45) is 21.4. The van der Waals surface area contributed by atoms with Gasteiger partial charge in [0, 0.05) is 20.0 Å². The van der Waals surface area contributed by atoms with Crippen LogP contribution in [0, 0.1) is 0 Å². The molecule has 0 bridgehead atoms. The summed E-state index contributed by atoms with van der Waals surface area (Å²) < 4.78 is 0. The zero-order chi connectivity index (χ0) is 17.9. The summed E-state index contributed by atoms with van der Waals surface area (Å²) >= 11 is 0. The normalized spacial score (nSPS) is 11.0. The van der Waals surface area contributed by atoms with Crippen molar-refractivity contribution in [3.8, 4) is 0 Å². The Balaban J connectivity index is 3.49. The van der Waals surface area contributed by atoms with Gasteiger partial charge in [-0.2, -0.15) is 0 Å². The minimum atomic E-state index is 0.265. The van der Waals surface area contributed by atoms with Gasteiger partial charge in [-0.15, -0.1) is 0 Å². The Hall–Kier alpha value is -0.530. The van der Waals surface area contributed by atoms with Crippen LogP contribution < -0.4 is 0 Å². The molecule has 1 amide bonds. The molecule has 0 saturated carbocycles. The second-order valence-electron chi connectivity index (χ2n) is 7.46. The average molecular weight is 340 g/mol. The van der Waals surface area contributed by atoms with E-state index < -0.39 is 0 Å². The Morgan fingerprint density at radius 2 is 0.833 bits per heavy atom. The van der Waals surface area contributed by atoms with E-state index in [1.165, 1.54) is 103 Å². The second kappa shape index (κ2) is 18.8. The first-order valence-electron chi connectivity index (χ1n) is 11.0. The van der Waals surface area contributed by atoms with Crippen molar-refractivity contribution in [2.24, 2.45) is 0 Å². The van der Waals surface area contributed by atoms with Gasteiger partial charge in [0.05, 0.1) is 0 Å². The molecule has 0 fully saturated rings. The van der Waals surface area contributed by atoms with E-state index in [-0.39, 0.29) is 5.91 Å². The fourth-order valence-electron chi connectivity index (χ4n) is 3.30. The predicted molar refractivity (Wildman–Crippen MR) is 107 cm³/mol. The zero-order valence-corrected chi connectivity index (χ0v) is 17.1. The lowest BCUT2D eigenvalue weighted by Crippen LogP contribution is -2.30. The third kappa shape index (κ3) is 16.3. The van der Waals surface area contributed by atoms with E-state index in [1.807, 2.05) is 0 Å². The van der Waals surface area contributed by atoms with Crippen LogP contribution in [0.2, 0.25) is 0 Å². The van der Waals surface area contributed by atoms with Crippen molar-refractivity contribution in [3.05, 3.63) is 0 Å². The molecule has 0 aliphatic rings. The summed E-state index contributed by atoms with van der Waals surface area (Å²) in [5, 5.41) is 0. The van der Waals surface area contributed by atoms with E-state index in [2.05, 4.69) is 18.7 Å². The lowest BCUT2D eigenvalue weighted by atomic mass is 10.1. The molecule has 0 aliphatic carbocycles. The molecule has 0 aromatic heterocycles. The minimum absolute atomic E-state index is 0.265. The lowest BCUT2D eigenvalue weighted by molar-refractivity contribution is -0.129. The van der Waals surface area contributed by atoms with Gasteiger partial charge in [-0.05, 0) is 12.8 Å². The number of hydrogen-bond donors (Lipinski definition) is 0. The Bertz CT molecular complexity index is 245. The van der Waals surface area contributed by atoms with Crippen LogP contribution >= 0.6 is 0 Å². The average Bonchev–Trinajstić information content (AvgIpc) is 2.57. The van der Waals surface area contributed by atoms with Gasteiger partial charge in [-0.3, -0.25) is 4.79 Å². The maximum Gasteiger partial charge on any atom is 0.219 e. The second-order valence-corrected chi connectivity index (χ2v) is 7.46. The predicted octanol–water partition coefficient (Wildman–Crippen LogP) is 7.12. The van der Waals surface area contributed by atoms with Crippen molar-refractivity contribution >= 4 is 5.91 Å². The van der Waals surface area contributed by atoms with Gasteiger partial charge in [0.1, 0.15) is 0 Å². The van der Waals surface area contributed by atoms with Crippen LogP contribution in [-0.2, 0) is 4.79 Å². The summed E-state index contributed by atoms with van der Waals surface area (Å²) in [7, 11) is 0. The van der Waals surface area contributed by atoms with Gasteiger partial charge >= 0.3 is 0 Å². The highest BCUT2D eigenvalue weighted by Gasteiger charge is 2.07. The van der Waals surface area contributed by atoms with Crippen LogP contribution in [0.15, 0.2) is 0 Å². The summed E-state index contributed by atoms with van der Waals surface area (Å²) in [6.45, 7) is 8.21. The van der Waals surface area contributed by atoms with Gasteiger partial charge in [0.15, 0.2) is 0 Å². The largest absolute Gasteiger partial charge is 0.343 e. The van der Waals surface area contributed by atoms with Crippen molar-refractivity contribution in [1.82, 2.24) is 4.90 Å². The van der Waals surface area contributed by atoms with Crippen molar-refractivity contribution in [2.45, 2.75) is 124 Å². The lowest BCUT2D eigenvalue weighted by Gasteiger charge is -2.21. The SMILES string of the molecule is CCCCCCCCCCN(CCCCCCCCCC)C(C)=O. The number of carbonyl (C=O) groups is 1. The van der Waals surface area contributed by atoms with E-state index in [1.54, 1.807) is 6.92 Å². The van der Waals surface area contributed by atoms with E-state index >= 15 is 0 Å². The van der Waals surface area contributed by atoms with E-state index in [4.69, 9.17) is 0 Å². The minimum Gasteiger partial charge on any atom is -0.343 e. The van der Waals surface area contributed by atoms with Crippen molar-refractivity contribution in [2.75, 3.05) is 13.1 Å². The first-order valence-corrected chi connectivity index (χ1v) is 11.0. The van der Waals surface area contributed by atoms with Crippen molar-refractivity contribution in [3.63, 3.8) is 0 Å². The smallest absolute Gasteiger partial charge is 0.219 e. The summed E-state index contributed by atoms with van der Waals surface area (Å²) in [5.41, 5.74) is 0. The molecule has 144 valence electrons. The Kier molecular flexibility index (Phi) is 18.4. The first-order chi connectivity index (χ1) is 11.7. The number of unbranched alkanes of at least 4 members (excludes halogenated alkanes) is 14. The molecule has 0 radical (unpaired) electrons. The zero-order valence-electron chi connectivity index (χ0n) is 17.1. The molecular weight excluding hydrogens is 294 g/mol. The third-order valence-electron chi connectivity index (χ3n) is 5.01. The summed E-state index contributed by atoms with van der Waals surface area (Å²) in [5.74, 6) is 0.265. The van der Waals surface area contributed by atoms with Crippen LogP contribution in [-0.4, -0.2) is 23.9 Å². The first kappa shape index (κ1) is 23.5. The molecule has 0 rings (SSSR count). The summed E-state index contributed by atoms with van der Waals surface area (Å²) in [6, 6.07) is 0. The molecule has 0 aromatic rings. The van der Waals surface area contributed by atoms with Crippen LogP contribution in [0.4, 0.5) is 0 Å². The molecule has 0 N–H and O–H groups in total. The molecule has 0 heterocycles. The van der Waals surface area contributed by atoms with Gasteiger partial charge in [-0.1, -0.05) is 104 Å². The maximum atomic E-state index is 11.7. The Morgan fingerprint density at radius 1 is 0.542 bits per heavy atom. The van der Waals surface area contributed by atoms with Crippen molar-refractivity contribution < 1.29 is 4.79 Å². The van der Waals surface area contributed by atoms with Gasteiger partial charge in [0.25, 0.3) is 0 Å². The molecule has 0 spiro atoms. The van der Waals surface area contributed by atoms with Crippen molar-refractivity contribution in [1.29, 1.82) is 0 Å². The third-order valence-corrected chi connectivity index (χ3v) is 5.01.